The first kappa shape index (κ1) is 23.2. The zero-order valence-electron chi connectivity index (χ0n) is 21.9. The smallest absolute Gasteiger partial charge is 0.0238 e. The Kier molecular flexibility index (Phi) is 6.25. The Morgan fingerprint density at radius 1 is 0.733 bits per heavy atom. The second-order valence-electron chi connectivity index (χ2n) is 14.2. The SMILES string of the molecule is CC(C)CCCC(C)C1CCC2C3CC(C)C4CC(C)CCC4(C)C3(C)CCC12C. The summed E-state index contributed by atoms with van der Waals surface area (Å²) in [5.74, 6) is 7.69. The van der Waals surface area contributed by atoms with Crippen LogP contribution in [-0.2, 0) is 0 Å². The molecule has 4 aliphatic carbocycles. The van der Waals surface area contributed by atoms with Crippen LogP contribution in [0.2, 0.25) is 0 Å². The molecule has 0 saturated heterocycles. The van der Waals surface area contributed by atoms with E-state index in [4.69, 9.17) is 0 Å². The molecular weight excluding hydrogens is 360 g/mol. The van der Waals surface area contributed by atoms with Crippen LogP contribution in [0, 0.1) is 63.6 Å². The van der Waals surface area contributed by atoms with E-state index in [-0.39, 0.29) is 0 Å². The Balaban J connectivity index is 1.55. The van der Waals surface area contributed by atoms with Crippen LogP contribution >= 0.6 is 0 Å². The summed E-state index contributed by atoms with van der Waals surface area (Å²) in [6.07, 6.45) is 16.5. The van der Waals surface area contributed by atoms with Gasteiger partial charge in [-0.05, 0) is 109 Å². The molecule has 4 rings (SSSR count). The van der Waals surface area contributed by atoms with Crippen molar-refractivity contribution < 1.29 is 0 Å². The summed E-state index contributed by atoms with van der Waals surface area (Å²) in [5.41, 5.74) is 1.83. The van der Waals surface area contributed by atoms with Gasteiger partial charge in [0.15, 0.2) is 0 Å². The van der Waals surface area contributed by atoms with Crippen molar-refractivity contribution in [2.45, 2.75) is 126 Å². The van der Waals surface area contributed by atoms with Crippen molar-refractivity contribution in [1.29, 1.82) is 0 Å². The van der Waals surface area contributed by atoms with Crippen LogP contribution < -0.4 is 0 Å². The fourth-order valence-corrected chi connectivity index (χ4v) is 10.3. The number of fused-ring (bicyclic) bond motifs is 5. The van der Waals surface area contributed by atoms with Gasteiger partial charge in [-0.3, -0.25) is 0 Å². The third-order valence-corrected chi connectivity index (χ3v) is 12.3. The maximum atomic E-state index is 2.78. The van der Waals surface area contributed by atoms with E-state index in [1.165, 1.54) is 64.2 Å². The average Bonchev–Trinajstić information content (AvgIpc) is 3.02. The van der Waals surface area contributed by atoms with Gasteiger partial charge in [0, 0.05) is 0 Å². The minimum Gasteiger partial charge on any atom is -0.0628 e. The highest BCUT2D eigenvalue weighted by atomic mass is 14.7. The van der Waals surface area contributed by atoms with Crippen molar-refractivity contribution in [1.82, 2.24) is 0 Å². The number of hydrogen-bond acceptors (Lipinski definition) is 0. The molecule has 0 bridgehead atoms. The van der Waals surface area contributed by atoms with Crippen molar-refractivity contribution >= 4 is 0 Å². The summed E-state index contributed by atoms with van der Waals surface area (Å²) in [6, 6.07) is 0. The Morgan fingerprint density at radius 3 is 2.13 bits per heavy atom. The predicted octanol–water partition coefficient (Wildman–Crippen LogP) is 9.38. The van der Waals surface area contributed by atoms with Crippen molar-refractivity contribution in [3.63, 3.8) is 0 Å². The molecule has 4 aliphatic rings. The third kappa shape index (κ3) is 3.44. The topological polar surface area (TPSA) is 0 Å². The van der Waals surface area contributed by atoms with Crippen LogP contribution in [0.3, 0.4) is 0 Å². The fraction of sp³-hybridized carbons (Fsp3) is 1.00. The van der Waals surface area contributed by atoms with Crippen molar-refractivity contribution in [2.24, 2.45) is 63.6 Å². The van der Waals surface area contributed by atoms with E-state index in [9.17, 15) is 0 Å². The van der Waals surface area contributed by atoms with Gasteiger partial charge in [0.05, 0.1) is 0 Å². The fourth-order valence-electron chi connectivity index (χ4n) is 10.3. The van der Waals surface area contributed by atoms with Crippen LogP contribution in [0.5, 0.6) is 0 Å². The number of rotatable bonds is 5. The first-order valence-electron chi connectivity index (χ1n) is 14.0. The quantitative estimate of drug-likeness (QED) is 0.420. The van der Waals surface area contributed by atoms with Crippen LogP contribution in [0.4, 0.5) is 0 Å². The molecule has 174 valence electrons. The van der Waals surface area contributed by atoms with E-state index in [2.05, 4.69) is 55.4 Å². The van der Waals surface area contributed by atoms with Gasteiger partial charge in [-0.1, -0.05) is 81.1 Å². The molecule has 0 heteroatoms. The Morgan fingerprint density at radius 2 is 1.43 bits per heavy atom. The molecule has 30 heavy (non-hydrogen) atoms. The van der Waals surface area contributed by atoms with Gasteiger partial charge in [0.1, 0.15) is 0 Å². The minimum atomic E-state index is 0.601. The number of hydrogen-bond donors (Lipinski definition) is 0. The molecule has 0 amide bonds. The van der Waals surface area contributed by atoms with Gasteiger partial charge in [0.2, 0.25) is 0 Å². The Labute approximate surface area is 189 Å². The molecule has 0 aromatic carbocycles. The Bertz CT molecular complexity index is 605. The highest BCUT2D eigenvalue weighted by Crippen LogP contribution is 2.74. The molecule has 10 atom stereocenters. The van der Waals surface area contributed by atoms with Gasteiger partial charge in [-0.15, -0.1) is 0 Å². The first-order chi connectivity index (χ1) is 14.0. The molecule has 0 aromatic heterocycles. The molecule has 0 aromatic rings. The second-order valence-corrected chi connectivity index (χ2v) is 14.2. The van der Waals surface area contributed by atoms with E-state index in [1.807, 2.05) is 0 Å². The van der Waals surface area contributed by atoms with E-state index in [0.717, 1.165) is 47.3 Å². The van der Waals surface area contributed by atoms with E-state index in [1.54, 1.807) is 6.42 Å². The summed E-state index contributed by atoms with van der Waals surface area (Å²) < 4.78 is 0. The van der Waals surface area contributed by atoms with Crippen LogP contribution in [0.1, 0.15) is 126 Å². The van der Waals surface area contributed by atoms with Gasteiger partial charge in [0.25, 0.3) is 0 Å². The van der Waals surface area contributed by atoms with Gasteiger partial charge >= 0.3 is 0 Å². The van der Waals surface area contributed by atoms with Crippen molar-refractivity contribution in [3.05, 3.63) is 0 Å². The normalized spacial score (nSPS) is 51.9. The first-order valence-corrected chi connectivity index (χ1v) is 14.0. The van der Waals surface area contributed by atoms with Crippen LogP contribution in [0.15, 0.2) is 0 Å². The molecule has 0 radical (unpaired) electrons. The molecule has 0 nitrogen and oxygen atoms in total. The third-order valence-electron chi connectivity index (χ3n) is 12.3. The van der Waals surface area contributed by atoms with Crippen LogP contribution in [0.25, 0.3) is 0 Å². The lowest BCUT2D eigenvalue weighted by atomic mass is 9.36. The summed E-state index contributed by atoms with van der Waals surface area (Å²) in [6.45, 7) is 20.9. The highest BCUT2D eigenvalue weighted by Gasteiger charge is 2.66. The van der Waals surface area contributed by atoms with Crippen molar-refractivity contribution in [3.8, 4) is 0 Å². The summed E-state index contributed by atoms with van der Waals surface area (Å²) >= 11 is 0. The molecule has 0 aliphatic heterocycles. The second kappa shape index (κ2) is 8.09. The molecule has 0 N–H and O–H groups in total. The monoisotopic (exact) mass is 414 g/mol. The molecular formula is C30H54. The maximum Gasteiger partial charge on any atom is -0.0238 e. The molecule has 0 heterocycles. The largest absolute Gasteiger partial charge is 0.0628 e. The summed E-state index contributed by atoms with van der Waals surface area (Å²) in [4.78, 5) is 0. The lowest BCUT2D eigenvalue weighted by molar-refractivity contribution is -0.197. The highest BCUT2D eigenvalue weighted by molar-refractivity contribution is 5.15. The molecule has 4 fully saturated rings. The summed E-state index contributed by atoms with van der Waals surface area (Å²) in [5, 5.41) is 0. The van der Waals surface area contributed by atoms with E-state index >= 15 is 0 Å². The Hall–Kier alpha value is 0. The van der Waals surface area contributed by atoms with E-state index in [0.29, 0.717) is 16.2 Å². The van der Waals surface area contributed by atoms with Crippen molar-refractivity contribution in [2.75, 3.05) is 0 Å². The van der Waals surface area contributed by atoms with E-state index < -0.39 is 0 Å². The zero-order valence-corrected chi connectivity index (χ0v) is 21.9. The average molecular weight is 415 g/mol. The van der Waals surface area contributed by atoms with Gasteiger partial charge < -0.3 is 0 Å². The molecule has 4 saturated carbocycles. The standard InChI is InChI=1S/C30H54/c1-20(2)10-9-11-22(4)24-12-13-25-27-19-23(5)26-18-21(3)14-15-29(26,7)30(27,8)17-16-28(24,25)6/h20-27H,9-19H2,1-8H3. The lowest BCUT2D eigenvalue weighted by Gasteiger charge is -2.68. The maximum absolute atomic E-state index is 2.78. The lowest BCUT2D eigenvalue weighted by Crippen LogP contribution is -2.61. The van der Waals surface area contributed by atoms with Crippen LogP contribution in [-0.4, -0.2) is 0 Å². The molecule has 0 spiro atoms. The summed E-state index contributed by atoms with van der Waals surface area (Å²) in [7, 11) is 0. The van der Waals surface area contributed by atoms with Gasteiger partial charge in [-0.2, -0.15) is 0 Å². The zero-order chi connectivity index (χ0) is 21.9. The predicted molar refractivity (Wildman–Crippen MR) is 131 cm³/mol. The van der Waals surface area contributed by atoms with Gasteiger partial charge in [-0.25, -0.2) is 0 Å². The molecule has 10 unspecified atom stereocenters. The minimum absolute atomic E-state index is 0.601.